The second-order valence-electron chi connectivity index (χ2n) is 6.76. The van der Waals surface area contributed by atoms with Crippen LogP contribution in [0.5, 0.6) is 0 Å². The molecule has 4 nitrogen and oxygen atoms in total. The summed E-state index contributed by atoms with van der Waals surface area (Å²) >= 11 is 0. The van der Waals surface area contributed by atoms with E-state index in [9.17, 15) is 9.59 Å². The number of likely N-dealkylation sites (tertiary alicyclic amines) is 1. The van der Waals surface area contributed by atoms with E-state index < -0.39 is 0 Å². The van der Waals surface area contributed by atoms with Crippen molar-refractivity contribution in [3.05, 3.63) is 29.8 Å². The van der Waals surface area contributed by atoms with Gasteiger partial charge in [-0.15, -0.1) is 0 Å². The quantitative estimate of drug-likeness (QED) is 0.857. The van der Waals surface area contributed by atoms with E-state index in [1.54, 1.807) is 0 Å². The Kier molecular flexibility index (Phi) is 4.69. The van der Waals surface area contributed by atoms with Gasteiger partial charge in [0.1, 0.15) is 0 Å². The predicted molar refractivity (Wildman–Crippen MR) is 91.2 cm³/mol. The first-order chi connectivity index (χ1) is 11.1. The third kappa shape index (κ3) is 3.41. The molecule has 2 unspecified atom stereocenters. The van der Waals surface area contributed by atoms with Gasteiger partial charge in [0.05, 0.1) is 11.8 Å². The number of carbonyl (C=O) groups excluding carboxylic acids is 2. The average molecular weight is 314 g/mol. The number of rotatable bonds is 4. The molecule has 0 bridgehead atoms. The summed E-state index contributed by atoms with van der Waals surface area (Å²) < 4.78 is 0. The number of piperidine rings is 1. The Labute approximate surface area is 138 Å². The van der Waals surface area contributed by atoms with Crippen LogP contribution >= 0.6 is 0 Å². The number of amides is 2. The summed E-state index contributed by atoms with van der Waals surface area (Å²) in [6.45, 7) is 6.40. The molecule has 2 aliphatic rings. The minimum absolute atomic E-state index is 0.0838. The first-order valence-electron chi connectivity index (χ1n) is 8.78. The van der Waals surface area contributed by atoms with Gasteiger partial charge in [0.25, 0.3) is 0 Å². The Balaban J connectivity index is 1.65. The fourth-order valence-electron chi connectivity index (χ4n) is 3.55. The number of nitrogens with zero attached hydrogens (tertiary/aromatic N) is 2. The van der Waals surface area contributed by atoms with Crippen molar-refractivity contribution in [2.24, 2.45) is 11.8 Å². The van der Waals surface area contributed by atoms with Gasteiger partial charge in [-0.05, 0) is 57.2 Å². The maximum absolute atomic E-state index is 12.8. The molecule has 1 aliphatic carbocycles. The Morgan fingerprint density at radius 1 is 1.17 bits per heavy atom. The van der Waals surface area contributed by atoms with Crippen molar-refractivity contribution in [2.75, 3.05) is 24.5 Å². The third-order valence-electron chi connectivity index (χ3n) is 4.99. The monoisotopic (exact) mass is 314 g/mol. The molecule has 1 saturated heterocycles. The molecule has 0 spiro atoms. The third-order valence-corrected chi connectivity index (χ3v) is 4.99. The normalized spacial score (nSPS) is 23.5. The van der Waals surface area contributed by atoms with Crippen molar-refractivity contribution < 1.29 is 9.59 Å². The molecule has 2 amide bonds. The van der Waals surface area contributed by atoms with Crippen molar-refractivity contribution in [1.29, 1.82) is 0 Å². The van der Waals surface area contributed by atoms with E-state index in [2.05, 4.69) is 0 Å². The summed E-state index contributed by atoms with van der Waals surface area (Å²) in [5, 5.41) is 0. The van der Waals surface area contributed by atoms with E-state index in [1.807, 2.05) is 47.9 Å². The molecule has 1 aromatic rings. The molecule has 1 saturated carbocycles. The summed E-state index contributed by atoms with van der Waals surface area (Å²) in [5.74, 6) is 0.0983. The zero-order chi connectivity index (χ0) is 16.4. The van der Waals surface area contributed by atoms with Gasteiger partial charge in [0, 0.05) is 25.3 Å². The fourth-order valence-corrected chi connectivity index (χ4v) is 3.55. The maximum Gasteiger partial charge on any atom is 0.230 e. The number of hydrogen-bond donors (Lipinski definition) is 0. The van der Waals surface area contributed by atoms with Crippen molar-refractivity contribution in [3.63, 3.8) is 0 Å². The van der Waals surface area contributed by atoms with Crippen LogP contribution in [-0.2, 0) is 9.59 Å². The number of carbonyl (C=O) groups is 2. The lowest BCUT2D eigenvalue weighted by atomic mass is 10.1. The molecule has 0 N–H and O–H groups in total. The molecule has 1 aromatic carbocycles. The van der Waals surface area contributed by atoms with Gasteiger partial charge in [-0.25, -0.2) is 0 Å². The first kappa shape index (κ1) is 16.0. The molecule has 4 heteroatoms. The van der Waals surface area contributed by atoms with Gasteiger partial charge in [-0.2, -0.15) is 0 Å². The highest BCUT2D eigenvalue weighted by molar-refractivity contribution is 6.01. The van der Waals surface area contributed by atoms with E-state index in [1.165, 1.54) is 6.42 Å². The Hall–Kier alpha value is -1.84. The van der Waals surface area contributed by atoms with Gasteiger partial charge >= 0.3 is 0 Å². The second kappa shape index (κ2) is 6.73. The Morgan fingerprint density at radius 3 is 2.57 bits per heavy atom. The zero-order valence-electron chi connectivity index (χ0n) is 14.1. The van der Waals surface area contributed by atoms with Crippen LogP contribution in [-0.4, -0.2) is 36.3 Å². The van der Waals surface area contributed by atoms with Crippen LogP contribution < -0.4 is 4.90 Å². The summed E-state index contributed by atoms with van der Waals surface area (Å²) in [4.78, 5) is 29.1. The zero-order valence-corrected chi connectivity index (χ0v) is 14.1. The smallest absolute Gasteiger partial charge is 0.230 e. The molecule has 3 rings (SSSR count). The lowest BCUT2D eigenvalue weighted by Crippen LogP contribution is -2.38. The summed E-state index contributed by atoms with van der Waals surface area (Å²) in [6.07, 6.45) is 4.13. The maximum atomic E-state index is 12.8. The van der Waals surface area contributed by atoms with E-state index in [-0.39, 0.29) is 23.7 Å². The van der Waals surface area contributed by atoms with E-state index in [0.29, 0.717) is 6.54 Å². The number of benzene rings is 1. The molecule has 1 aliphatic heterocycles. The molecule has 0 radical (unpaired) electrons. The molecule has 124 valence electrons. The van der Waals surface area contributed by atoms with E-state index in [0.717, 1.165) is 43.6 Å². The molecular formula is C19H26N2O2. The topological polar surface area (TPSA) is 40.6 Å². The summed E-state index contributed by atoms with van der Waals surface area (Å²) in [5.41, 5.74) is 2.08. The van der Waals surface area contributed by atoms with Crippen LogP contribution in [0.4, 0.5) is 5.69 Å². The van der Waals surface area contributed by atoms with Crippen molar-refractivity contribution in [3.8, 4) is 0 Å². The summed E-state index contributed by atoms with van der Waals surface area (Å²) in [7, 11) is 0. The molecule has 23 heavy (non-hydrogen) atoms. The summed E-state index contributed by atoms with van der Waals surface area (Å²) in [6, 6.07) is 8.01. The lowest BCUT2D eigenvalue weighted by molar-refractivity contribution is -0.135. The number of aryl methyl sites for hydroxylation is 1. The van der Waals surface area contributed by atoms with Crippen LogP contribution in [0.3, 0.4) is 0 Å². The first-order valence-corrected chi connectivity index (χ1v) is 8.78. The molecule has 0 aromatic heterocycles. The highest BCUT2D eigenvalue weighted by Crippen LogP contribution is 2.42. The van der Waals surface area contributed by atoms with Gasteiger partial charge in [-0.1, -0.05) is 12.1 Å². The molecule has 2 atom stereocenters. The van der Waals surface area contributed by atoms with Gasteiger partial charge in [0.2, 0.25) is 11.8 Å². The van der Waals surface area contributed by atoms with E-state index in [4.69, 9.17) is 0 Å². The highest BCUT2D eigenvalue weighted by Gasteiger charge is 2.50. The number of anilines is 1. The van der Waals surface area contributed by atoms with Crippen molar-refractivity contribution in [1.82, 2.24) is 4.90 Å². The predicted octanol–water partition coefficient (Wildman–Crippen LogP) is 3.00. The van der Waals surface area contributed by atoms with Crippen LogP contribution in [0.2, 0.25) is 0 Å². The number of hydrogen-bond acceptors (Lipinski definition) is 2. The largest absolute Gasteiger partial charge is 0.342 e. The van der Waals surface area contributed by atoms with E-state index >= 15 is 0 Å². The Morgan fingerprint density at radius 2 is 1.91 bits per heavy atom. The SMILES string of the molecule is CCN(C(=O)C1CC1C(=O)N1CCCCC1)c1cccc(C)c1. The molecule has 1 heterocycles. The molecule has 2 fully saturated rings. The molecular weight excluding hydrogens is 288 g/mol. The second-order valence-corrected chi connectivity index (χ2v) is 6.76. The van der Waals surface area contributed by atoms with Crippen LogP contribution in [0.25, 0.3) is 0 Å². The van der Waals surface area contributed by atoms with Gasteiger partial charge < -0.3 is 9.80 Å². The fraction of sp³-hybridized carbons (Fsp3) is 0.579. The average Bonchev–Trinajstić information content (AvgIpc) is 3.36. The van der Waals surface area contributed by atoms with Gasteiger partial charge in [0.15, 0.2) is 0 Å². The Bertz CT molecular complexity index is 593. The minimum atomic E-state index is -0.120. The lowest BCUT2D eigenvalue weighted by Gasteiger charge is -2.27. The van der Waals surface area contributed by atoms with Crippen LogP contribution in [0.1, 0.15) is 38.2 Å². The van der Waals surface area contributed by atoms with Crippen molar-refractivity contribution in [2.45, 2.75) is 39.5 Å². The van der Waals surface area contributed by atoms with Crippen LogP contribution in [0.15, 0.2) is 24.3 Å². The van der Waals surface area contributed by atoms with Crippen molar-refractivity contribution >= 4 is 17.5 Å². The highest BCUT2D eigenvalue weighted by atomic mass is 16.2. The van der Waals surface area contributed by atoms with Crippen LogP contribution in [0, 0.1) is 18.8 Å². The van der Waals surface area contributed by atoms with Gasteiger partial charge in [-0.3, -0.25) is 9.59 Å². The standard InChI is InChI=1S/C19H26N2O2/c1-3-21(15-9-7-8-14(2)12-15)19(23)17-13-16(17)18(22)20-10-5-4-6-11-20/h7-9,12,16-17H,3-6,10-11,13H2,1-2H3. The minimum Gasteiger partial charge on any atom is -0.342 e.